The summed E-state index contributed by atoms with van der Waals surface area (Å²) >= 11 is 5.80. The van der Waals surface area contributed by atoms with E-state index in [4.69, 9.17) is 26.8 Å². The number of aromatic nitrogens is 1. The first-order valence-corrected chi connectivity index (χ1v) is 12.1. The number of esters is 1. The normalized spacial score (nSPS) is 11.9. The first-order chi connectivity index (χ1) is 18.3. The standard InChI is InChI=1S/C27H27ClF2N4O5/c1-27(2,3)39-26(37)20(31)10-11-38-22-13-17(30)5-7-18(22)24(35)33-21-8-6-16(29)12-19(21)25(36)34-23-9-4-15(28)14-32-23/h4-9,12-14,20H,10-11,31H2,1-3H3,(H,33,35)(H,32,34,36). The van der Waals surface area contributed by atoms with Crippen LogP contribution >= 0.6 is 11.6 Å². The van der Waals surface area contributed by atoms with Crippen LogP contribution in [0.3, 0.4) is 0 Å². The molecule has 0 bridgehead atoms. The maximum atomic E-state index is 14.0. The molecule has 0 spiro atoms. The number of benzene rings is 2. The number of anilines is 2. The summed E-state index contributed by atoms with van der Waals surface area (Å²) in [6.45, 7) is 4.99. The molecule has 2 amide bonds. The van der Waals surface area contributed by atoms with Crippen LogP contribution in [0.1, 0.15) is 47.9 Å². The highest BCUT2D eigenvalue weighted by Gasteiger charge is 2.23. The van der Waals surface area contributed by atoms with Gasteiger partial charge < -0.3 is 25.8 Å². The Kier molecular flexibility index (Phi) is 9.55. The number of rotatable bonds is 9. The largest absolute Gasteiger partial charge is 0.493 e. The molecule has 1 aromatic heterocycles. The Morgan fingerprint density at radius 2 is 1.64 bits per heavy atom. The van der Waals surface area contributed by atoms with Crippen molar-refractivity contribution in [1.82, 2.24) is 4.98 Å². The Bertz CT molecular complexity index is 1360. The van der Waals surface area contributed by atoms with Crippen molar-refractivity contribution in [2.45, 2.75) is 38.8 Å². The van der Waals surface area contributed by atoms with Crippen LogP contribution in [0.4, 0.5) is 20.3 Å². The van der Waals surface area contributed by atoms with Gasteiger partial charge >= 0.3 is 5.97 Å². The average molecular weight is 561 g/mol. The van der Waals surface area contributed by atoms with Gasteiger partial charge in [-0.05, 0) is 63.2 Å². The highest BCUT2D eigenvalue weighted by molar-refractivity contribution is 6.30. The van der Waals surface area contributed by atoms with Crippen molar-refractivity contribution in [1.29, 1.82) is 0 Å². The molecule has 1 atom stereocenters. The van der Waals surface area contributed by atoms with Crippen molar-refractivity contribution in [3.63, 3.8) is 0 Å². The van der Waals surface area contributed by atoms with Crippen LogP contribution in [-0.4, -0.2) is 41.0 Å². The van der Waals surface area contributed by atoms with E-state index >= 15 is 0 Å². The highest BCUT2D eigenvalue weighted by atomic mass is 35.5. The lowest BCUT2D eigenvalue weighted by Crippen LogP contribution is -2.38. The lowest BCUT2D eigenvalue weighted by molar-refractivity contribution is -0.156. The van der Waals surface area contributed by atoms with Crippen molar-refractivity contribution in [2.24, 2.45) is 5.73 Å². The van der Waals surface area contributed by atoms with Crippen molar-refractivity contribution >= 4 is 40.9 Å². The van der Waals surface area contributed by atoms with Gasteiger partial charge in [0.2, 0.25) is 0 Å². The number of halogens is 3. The summed E-state index contributed by atoms with van der Waals surface area (Å²) in [6, 6.07) is 8.43. The number of carbonyl (C=O) groups excluding carboxylic acids is 3. The minimum Gasteiger partial charge on any atom is -0.493 e. The zero-order valence-corrected chi connectivity index (χ0v) is 22.1. The van der Waals surface area contributed by atoms with Crippen molar-refractivity contribution in [3.8, 4) is 5.75 Å². The summed E-state index contributed by atoms with van der Waals surface area (Å²) in [5.41, 5.74) is 4.86. The monoisotopic (exact) mass is 560 g/mol. The van der Waals surface area contributed by atoms with E-state index in [1.807, 2.05) is 0 Å². The number of nitrogens with one attached hydrogen (secondary N) is 2. The van der Waals surface area contributed by atoms with E-state index in [0.29, 0.717) is 5.02 Å². The van der Waals surface area contributed by atoms with Crippen LogP contribution in [0.25, 0.3) is 0 Å². The van der Waals surface area contributed by atoms with Crippen LogP contribution in [-0.2, 0) is 9.53 Å². The lowest BCUT2D eigenvalue weighted by Gasteiger charge is -2.22. The Hall–Kier alpha value is -4.09. The van der Waals surface area contributed by atoms with E-state index in [1.165, 1.54) is 30.5 Å². The van der Waals surface area contributed by atoms with Gasteiger partial charge in [0.25, 0.3) is 11.8 Å². The van der Waals surface area contributed by atoms with Gasteiger partial charge in [-0.1, -0.05) is 11.6 Å². The SMILES string of the molecule is CC(C)(C)OC(=O)C(N)CCOc1cc(F)ccc1C(=O)Nc1ccc(F)cc1C(=O)Nc1ccc(Cl)cn1. The number of amides is 2. The van der Waals surface area contributed by atoms with Gasteiger partial charge in [-0.2, -0.15) is 0 Å². The second-order valence-corrected chi connectivity index (χ2v) is 9.81. The molecule has 206 valence electrons. The second kappa shape index (κ2) is 12.6. The van der Waals surface area contributed by atoms with E-state index in [0.717, 1.165) is 24.3 Å². The molecule has 0 saturated heterocycles. The van der Waals surface area contributed by atoms with Crippen LogP contribution in [0.2, 0.25) is 5.02 Å². The minimum atomic E-state index is -0.995. The molecule has 1 heterocycles. The minimum absolute atomic E-state index is 0.0184. The second-order valence-electron chi connectivity index (χ2n) is 9.38. The molecule has 3 rings (SSSR count). The van der Waals surface area contributed by atoms with Crippen LogP contribution in [0.15, 0.2) is 54.7 Å². The smallest absolute Gasteiger partial charge is 0.323 e. The predicted octanol–water partition coefficient (Wildman–Crippen LogP) is 4.96. The molecule has 4 N–H and O–H groups in total. The molecule has 0 aliphatic carbocycles. The summed E-state index contributed by atoms with van der Waals surface area (Å²) in [4.78, 5) is 42.0. The summed E-state index contributed by atoms with van der Waals surface area (Å²) in [7, 11) is 0. The van der Waals surface area contributed by atoms with E-state index in [-0.39, 0.29) is 41.4 Å². The molecule has 0 saturated carbocycles. The van der Waals surface area contributed by atoms with Crippen LogP contribution in [0, 0.1) is 11.6 Å². The van der Waals surface area contributed by atoms with Gasteiger partial charge in [0.15, 0.2) is 0 Å². The van der Waals surface area contributed by atoms with Crippen LogP contribution in [0.5, 0.6) is 5.75 Å². The Labute approximate surface area is 228 Å². The third-order valence-electron chi connectivity index (χ3n) is 5.03. The molecule has 0 fully saturated rings. The lowest BCUT2D eigenvalue weighted by atomic mass is 10.1. The molecule has 12 heteroatoms. The maximum Gasteiger partial charge on any atom is 0.323 e. The molecule has 9 nitrogen and oxygen atoms in total. The zero-order valence-electron chi connectivity index (χ0n) is 21.4. The Balaban J connectivity index is 1.74. The van der Waals surface area contributed by atoms with E-state index in [2.05, 4.69) is 15.6 Å². The summed E-state index contributed by atoms with van der Waals surface area (Å²) < 4.78 is 38.7. The van der Waals surface area contributed by atoms with Gasteiger partial charge in [-0.3, -0.25) is 14.4 Å². The molecule has 1 unspecified atom stereocenters. The topological polar surface area (TPSA) is 133 Å². The number of carbonyl (C=O) groups is 3. The summed E-state index contributed by atoms with van der Waals surface area (Å²) in [6.07, 6.45) is 1.36. The maximum absolute atomic E-state index is 14.0. The fraction of sp³-hybridized carbons (Fsp3) is 0.259. The van der Waals surface area contributed by atoms with Crippen LogP contribution < -0.4 is 21.1 Å². The van der Waals surface area contributed by atoms with E-state index in [9.17, 15) is 23.2 Å². The quantitative estimate of drug-likeness (QED) is 0.315. The molecule has 0 aliphatic rings. The fourth-order valence-electron chi connectivity index (χ4n) is 3.23. The molecule has 0 radical (unpaired) electrons. The number of pyridine rings is 1. The van der Waals surface area contributed by atoms with Crippen molar-refractivity contribution < 1.29 is 32.6 Å². The zero-order chi connectivity index (χ0) is 28.7. The van der Waals surface area contributed by atoms with Gasteiger partial charge in [0.1, 0.15) is 34.8 Å². The van der Waals surface area contributed by atoms with Gasteiger partial charge in [-0.25, -0.2) is 13.8 Å². The highest BCUT2D eigenvalue weighted by Crippen LogP contribution is 2.25. The van der Waals surface area contributed by atoms with Gasteiger partial charge in [0.05, 0.1) is 28.4 Å². The summed E-state index contributed by atoms with van der Waals surface area (Å²) in [5, 5.41) is 5.38. The predicted molar refractivity (Wildman–Crippen MR) is 142 cm³/mol. The number of ether oxygens (including phenoxy) is 2. The molecule has 2 aromatic carbocycles. The van der Waals surface area contributed by atoms with Crippen molar-refractivity contribution in [2.75, 3.05) is 17.2 Å². The first kappa shape index (κ1) is 29.5. The first-order valence-electron chi connectivity index (χ1n) is 11.8. The third kappa shape index (κ3) is 8.72. The molecule has 39 heavy (non-hydrogen) atoms. The Morgan fingerprint density at radius 1 is 0.974 bits per heavy atom. The third-order valence-corrected chi connectivity index (χ3v) is 5.25. The van der Waals surface area contributed by atoms with E-state index < -0.39 is 41.1 Å². The number of hydrogen-bond donors (Lipinski definition) is 3. The number of nitrogens with two attached hydrogens (primary N) is 1. The van der Waals surface area contributed by atoms with Crippen molar-refractivity contribution in [3.05, 3.63) is 82.5 Å². The summed E-state index contributed by atoms with van der Waals surface area (Å²) in [5.74, 6) is -3.48. The number of nitrogens with zero attached hydrogens (tertiary/aromatic N) is 1. The molecule has 0 aliphatic heterocycles. The molecular weight excluding hydrogens is 534 g/mol. The van der Waals surface area contributed by atoms with E-state index in [1.54, 1.807) is 20.8 Å². The van der Waals surface area contributed by atoms with Gasteiger partial charge in [-0.15, -0.1) is 0 Å². The average Bonchev–Trinajstić information content (AvgIpc) is 2.85. The molecule has 3 aromatic rings. The van der Waals surface area contributed by atoms with Gasteiger partial charge in [0, 0.05) is 18.7 Å². The molecular formula is C27H27ClF2N4O5. The number of hydrogen-bond acceptors (Lipinski definition) is 7. The fourth-order valence-corrected chi connectivity index (χ4v) is 3.34. The Morgan fingerprint density at radius 3 is 2.31 bits per heavy atom.